The molecule has 0 bridgehead atoms. The molecule has 0 aromatic heterocycles. The second-order valence-electron chi connectivity index (χ2n) is 4.15. The molecule has 2 aromatic rings. The molecule has 0 heterocycles. The van der Waals surface area contributed by atoms with Gasteiger partial charge in [-0.2, -0.15) is 0 Å². The number of phenolic OH excluding ortho intramolecular Hbond substituents is 1. The topological polar surface area (TPSA) is 61.4 Å². The monoisotopic (exact) mass is 322 g/mol. The fourth-order valence-corrected chi connectivity index (χ4v) is 1.96. The van der Waals surface area contributed by atoms with E-state index in [1.165, 1.54) is 24.4 Å². The number of hydrogen-bond acceptors (Lipinski definition) is 2. The molecule has 0 saturated heterocycles. The molecule has 6 heteroatoms. The predicted octanol–water partition coefficient (Wildman–Crippen LogP) is 4.49. The third kappa shape index (κ3) is 4.70. The van der Waals surface area contributed by atoms with Crippen molar-refractivity contribution in [3.05, 3.63) is 64.3 Å². The van der Waals surface area contributed by atoms with Gasteiger partial charge in [0.25, 0.3) is 0 Å². The minimum Gasteiger partial charge on any atom is -0.506 e. The van der Waals surface area contributed by atoms with Gasteiger partial charge in [0.05, 0.1) is 5.69 Å². The molecule has 21 heavy (non-hydrogen) atoms. The fourth-order valence-electron chi connectivity index (χ4n) is 1.59. The highest BCUT2D eigenvalue weighted by molar-refractivity contribution is 6.31. The standard InChI is InChI=1S/C15H12Cl2N2O2/c16-11-3-1-2-10(8-11)6-7-18-15(21)19-13-9-12(17)4-5-14(13)20/h1-9,20H,(H2,18,19,21)/b7-6+. The largest absolute Gasteiger partial charge is 0.506 e. The molecule has 0 aliphatic carbocycles. The van der Waals surface area contributed by atoms with E-state index in [0.29, 0.717) is 10.0 Å². The summed E-state index contributed by atoms with van der Waals surface area (Å²) in [5, 5.41) is 15.6. The zero-order valence-electron chi connectivity index (χ0n) is 10.8. The number of carbonyl (C=O) groups is 1. The van der Waals surface area contributed by atoms with Crippen molar-refractivity contribution in [2.24, 2.45) is 0 Å². The van der Waals surface area contributed by atoms with Gasteiger partial charge < -0.3 is 15.7 Å². The molecule has 108 valence electrons. The van der Waals surface area contributed by atoms with Crippen LogP contribution in [-0.4, -0.2) is 11.1 Å². The normalized spacial score (nSPS) is 10.6. The Hall–Kier alpha value is -2.17. The zero-order chi connectivity index (χ0) is 15.2. The van der Waals surface area contributed by atoms with E-state index < -0.39 is 6.03 Å². The highest BCUT2D eigenvalue weighted by Crippen LogP contribution is 2.26. The summed E-state index contributed by atoms with van der Waals surface area (Å²) in [6.07, 6.45) is 3.17. The van der Waals surface area contributed by atoms with Crippen molar-refractivity contribution in [3.63, 3.8) is 0 Å². The molecular weight excluding hydrogens is 311 g/mol. The maximum Gasteiger partial charge on any atom is 0.323 e. The van der Waals surface area contributed by atoms with Crippen LogP contribution in [0.2, 0.25) is 10.0 Å². The summed E-state index contributed by atoms with van der Waals surface area (Å²) in [5.74, 6) is -0.0617. The van der Waals surface area contributed by atoms with E-state index in [1.54, 1.807) is 18.2 Å². The lowest BCUT2D eigenvalue weighted by atomic mass is 10.2. The first kappa shape index (κ1) is 15.2. The molecular formula is C15H12Cl2N2O2. The number of anilines is 1. The first-order chi connectivity index (χ1) is 10.0. The minimum atomic E-state index is -0.495. The summed E-state index contributed by atoms with van der Waals surface area (Å²) >= 11 is 11.6. The Balaban J connectivity index is 1.94. The molecule has 2 aromatic carbocycles. The molecule has 0 spiro atoms. The summed E-state index contributed by atoms with van der Waals surface area (Å²) in [5.41, 5.74) is 1.09. The van der Waals surface area contributed by atoms with Crippen LogP contribution in [0.3, 0.4) is 0 Å². The van der Waals surface area contributed by atoms with Gasteiger partial charge in [-0.3, -0.25) is 0 Å². The van der Waals surface area contributed by atoms with Crippen LogP contribution in [0.1, 0.15) is 5.56 Å². The second-order valence-corrected chi connectivity index (χ2v) is 5.02. The molecule has 0 radical (unpaired) electrons. The van der Waals surface area contributed by atoms with Crippen molar-refractivity contribution in [2.45, 2.75) is 0 Å². The van der Waals surface area contributed by atoms with Gasteiger partial charge in [0.1, 0.15) is 5.75 Å². The van der Waals surface area contributed by atoms with Gasteiger partial charge in [-0.05, 0) is 42.0 Å². The second kappa shape index (κ2) is 7.02. The van der Waals surface area contributed by atoms with Crippen LogP contribution in [0.4, 0.5) is 10.5 Å². The average molecular weight is 323 g/mol. The molecule has 4 nitrogen and oxygen atoms in total. The molecule has 0 atom stereocenters. The Kier molecular flexibility index (Phi) is 5.09. The minimum absolute atomic E-state index is 0.0617. The molecule has 3 N–H and O–H groups in total. The van der Waals surface area contributed by atoms with Crippen molar-refractivity contribution in [1.82, 2.24) is 5.32 Å². The van der Waals surface area contributed by atoms with Gasteiger partial charge in [-0.15, -0.1) is 0 Å². The molecule has 0 unspecified atom stereocenters. The summed E-state index contributed by atoms with van der Waals surface area (Å²) in [7, 11) is 0. The fraction of sp³-hybridized carbons (Fsp3) is 0. The number of nitrogens with one attached hydrogen (secondary N) is 2. The van der Waals surface area contributed by atoms with Crippen LogP contribution in [-0.2, 0) is 0 Å². The van der Waals surface area contributed by atoms with Crippen LogP contribution in [0, 0.1) is 0 Å². The van der Waals surface area contributed by atoms with Crippen molar-refractivity contribution in [3.8, 4) is 5.75 Å². The highest BCUT2D eigenvalue weighted by atomic mass is 35.5. The summed E-state index contributed by atoms with van der Waals surface area (Å²) in [4.78, 5) is 11.7. The van der Waals surface area contributed by atoms with Crippen molar-refractivity contribution in [2.75, 3.05) is 5.32 Å². The number of carbonyl (C=O) groups excluding carboxylic acids is 1. The van der Waals surface area contributed by atoms with Crippen LogP contribution < -0.4 is 10.6 Å². The smallest absolute Gasteiger partial charge is 0.323 e. The quantitative estimate of drug-likeness (QED) is 0.729. The van der Waals surface area contributed by atoms with E-state index in [0.717, 1.165) is 5.56 Å². The molecule has 2 amide bonds. The van der Waals surface area contributed by atoms with Gasteiger partial charge in [0.2, 0.25) is 0 Å². The SMILES string of the molecule is O=C(N/C=C/c1cccc(Cl)c1)Nc1cc(Cl)ccc1O. The molecule has 0 fully saturated rings. The van der Waals surface area contributed by atoms with Crippen molar-refractivity contribution in [1.29, 1.82) is 0 Å². The number of amides is 2. The van der Waals surface area contributed by atoms with Crippen molar-refractivity contribution < 1.29 is 9.90 Å². The maximum atomic E-state index is 11.7. The number of halogens is 2. The predicted molar refractivity (Wildman–Crippen MR) is 85.8 cm³/mol. The summed E-state index contributed by atoms with van der Waals surface area (Å²) in [6.45, 7) is 0. The Labute approximate surface area is 132 Å². The number of benzene rings is 2. The van der Waals surface area contributed by atoms with E-state index in [2.05, 4.69) is 10.6 Å². The Morgan fingerprint density at radius 3 is 2.62 bits per heavy atom. The number of aromatic hydroxyl groups is 1. The van der Waals surface area contributed by atoms with Crippen LogP contribution in [0.15, 0.2) is 48.7 Å². The third-order valence-corrected chi connectivity index (χ3v) is 3.02. The number of rotatable bonds is 3. The molecule has 0 aliphatic heterocycles. The number of phenols is 1. The number of hydrogen-bond donors (Lipinski definition) is 3. The van der Waals surface area contributed by atoms with E-state index in [-0.39, 0.29) is 11.4 Å². The van der Waals surface area contributed by atoms with E-state index in [1.807, 2.05) is 12.1 Å². The first-order valence-corrected chi connectivity index (χ1v) is 6.78. The van der Waals surface area contributed by atoms with Crippen LogP contribution >= 0.6 is 23.2 Å². The summed E-state index contributed by atoms with van der Waals surface area (Å²) < 4.78 is 0. The van der Waals surface area contributed by atoms with Gasteiger partial charge in [0, 0.05) is 16.2 Å². The van der Waals surface area contributed by atoms with Crippen molar-refractivity contribution >= 4 is 41.0 Å². The van der Waals surface area contributed by atoms with Crippen LogP contribution in [0.5, 0.6) is 5.75 Å². The lowest BCUT2D eigenvalue weighted by Gasteiger charge is -2.07. The van der Waals surface area contributed by atoms with Gasteiger partial charge in [-0.25, -0.2) is 4.79 Å². The Morgan fingerprint density at radius 2 is 1.86 bits per heavy atom. The highest BCUT2D eigenvalue weighted by Gasteiger charge is 2.05. The maximum absolute atomic E-state index is 11.7. The zero-order valence-corrected chi connectivity index (χ0v) is 12.3. The third-order valence-electron chi connectivity index (χ3n) is 2.55. The van der Waals surface area contributed by atoms with E-state index in [4.69, 9.17) is 23.2 Å². The van der Waals surface area contributed by atoms with Gasteiger partial charge >= 0.3 is 6.03 Å². The molecule has 0 aliphatic rings. The average Bonchev–Trinajstić information content (AvgIpc) is 2.43. The Morgan fingerprint density at radius 1 is 1.10 bits per heavy atom. The van der Waals surface area contributed by atoms with E-state index in [9.17, 15) is 9.90 Å². The molecule has 0 saturated carbocycles. The summed E-state index contributed by atoms with van der Waals surface area (Å²) in [6, 6.07) is 11.1. The number of urea groups is 1. The lowest BCUT2D eigenvalue weighted by Crippen LogP contribution is -2.23. The lowest BCUT2D eigenvalue weighted by molar-refractivity contribution is 0.255. The Bertz CT molecular complexity index is 687. The first-order valence-electron chi connectivity index (χ1n) is 6.03. The van der Waals surface area contributed by atoms with E-state index >= 15 is 0 Å². The van der Waals surface area contributed by atoms with Gasteiger partial charge in [0.15, 0.2) is 0 Å². The molecule has 2 rings (SSSR count). The van der Waals surface area contributed by atoms with Crippen LogP contribution in [0.25, 0.3) is 6.08 Å². The van der Waals surface area contributed by atoms with Gasteiger partial charge in [-0.1, -0.05) is 35.3 Å².